The molecule has 0 aliphatic rings. The Hall–Kier alpha value is -5.67. The van der Waals surface area contributed by atoms with Gasteiger partial charge in [-0.25, -0.2) is 15.0 Å². The number of benzene rings is 7. The molecule has 0 spiro atoms. The molecule has 196 valence electrons. The van der Waals surface area contributed by atoms with Crippen molar-refractivity contribution in [2.24, 2.45) is 0 Å². The van der Waals surface area contributed by atoms with Crippen LogP contribution >= 0.6 is 0 Å². The summed E-state index contributed by atoms with van der Waals surface area (Å²) in [4.78, 5) is 15.1. The Bertz CT molecular complexity index is 2220. The zero-order valence-corrected chi connectivity index (χ0v) is 22.8. The first kappa shape index (κ1) is 24.2. The van der Waals surface area contributed by atoms with E-state index in [0.29, 0.717) is 17.5 Å². The summed E-state index contributed by atoms with van der Waals surface area (Å²) in [6.45, 7) is 0. The van der Waals surface area contributed by atoms with Crippen LogP contribution in [-0.2, 0) is 0 Å². The van der Waals surface area contributed by atoms with Gasteiger partial charge in [0.05, 0.1) is 0 Å². The van der Waals surface area contributed by atoms with Gasteiger partial charge in [-0.1, -0.05) is 152 Å². The van der Waals surface area contributed by atoms with Crippen LogP contribution in [0.15, 0.2) is 152 Å². The second kappa shape index (κ2) is 10.1. The van der Waals surface area contributed by atoms with Crippen LogP contribution in [0.2, 0.25) is 0 Å². The lowest BCUT2D eigenvalue weighted by Crippen LogP contribution is -2.00. The Morgan fingerprint density at radius 1 is 0.286 bits per heavy atom. The fourth-order valence-electron chi connectivity index (χ4n) is 5.85. The summed E-state index contributed by atoms with van der Waals surface area (Å²) in [6.07, 6.45) is 0. The van der Waals surface area contributed by atoms with Gasteiger partial charge in [0, 0.05) is 22.1 Å². The van der Waals surface area contributed by atoms with Gasteiger partial charge in [-0.3, -0.25) is 0 Å². The summed E-state index contributed by atoms with van der Waals surface area (Å²) in [7, 11) is 0. The van der Waals surface area contributed by atoms with E-state index in [1.807, 2.05) is 36.4 Å². The number of hydrogen-bond donors (Lipinski definition) is 0. The van der Waals surface area contributed by atoms with E-state index in [1.54, 1.807) is 0 Å². The number of rotatable bonds is 4. The lowest BCUT2D eigenvalue weighted by atomic mass is 9.94. The Morgan fingerprint density at radius 3 is 1.57 bits per heavy atom. The van der Waals surface area contributed by atoms with Gasteiger partial charge in [0.15, 0.2) is 17.5 Å². The normalized spacial score (nSPS) is 11.3. The molecule has 0 saturated carbocycles. The summed E-state index contributed by atoms with van der Waals surface area (Å²) in [5.74, 6) is 1.98. The molecule has 7 aromatic carbocycles. The first-order valence-corrected chi connectivity index (χ1v) is 14.1. The lowest BCUT2D eigenvalue weighted by molar-refractivity contribution is 1.08. The molecule has 0 radical (unpaired) electrons. The van der Waals surface area contributed by atoms with Crippen molar-refractivity contribution < 1.29 is 0 Å². The van der Waals surface area contributed by atoms with Crippen LogP contribution in [0.25, 0.3) is 77.6 Å². The van der Waals surface area contributed by atoms with Crippen LogP contribution < -0.4 is 0 Å². The van der Waals surface area contributed by atoms with Crippen LogP contribution in [0, 0.1) is 0 Å². The molecular weight excluding hydrogens is 510 g/mol. The number of aromatic nitrogens is 3. The van der Waals surface area contributed by atoms with Crippen molar-refractivity contribution in [3.63, 3.8) is 0 Å². The Balaban J connectivity index is 1.36. The molecule has 0 bridgehead atoms. The van der Waals surface area contributed by atoms with E-state index in [-0.39, 0.29) is 0 Å². The second-order valence-electron chi connectivity index (χ2n) is 10.5. The minimum Gasteiger partial charge on any atom is -0.208 e. The lowest BCUT2D eigenvalue weighted by Gasteiger charge is -2.13. The summed E-state index contributed by atoms with van der Waals surface area (Å²) in [5.41, 5.74) is 5.24. The van der Waals surface area contributed by atoms with Gasteiger partial charge < -0.3 is 0 Å². The third kappa shape index (κ3) is 4.20. The molecule has 0 saturated heterocycles. The van der Waals surface area contributed by atoms with Crippen molar-refractivity contribution in [2.75, 3.05) is 0 Å². The minimum absolute atomic E-state index is 0.654. The van der Waals surface area contributed by atoms with E-state index in [0.717, 1.165) is 33.0 Å². The third-order valence-electron chi connectivity index (χ3n) is 7.92. The molecule has 0 aliphatic heterocycles. The number of hydrogen-bond acceptors (Lipinski definition) is 3. The van der Waals surface area contributed by atoms with Crippen molar-refractivity contribution in [3.05, 3.63) is 152 Å². The predicted octanol–water partition coefficient (Wildman–Crippen LogP) is 10.00. The van der Waals surface area contributed by atoms with E-state index < -0.39 is 0 Å². The standard InChI is InChI=1S/C39H25N3/c1-3-10-26(11-4-1)27-18-20-31(21-19-27)38-40-37(30-13-5-2-6-14-30)41-39(42-38)35-17-9-15-29-23-24-33-32-16-8-7-12-28(32)22-25-34(33)36(29)35/h1-25H. The number of fused-ring (bicyclic) bond motifs is 5. The molecule has 42 heavy (non-hydrogen) atoms. The van der Waals surface area contributed by atoms with E-state index >= 15 is 0 Å². The molecule has 3 nitrogen and oxygen atoms in total. The highest BCUT2D eigenvalue weighted by molar-refractivity contribution is 6.20. The molecule has 1 aromatic heterocycles. The summed E-state index contributed by atoms with van der Waals surface area (Å²) < 4.78 is 0. The van der Waals surface area contributed by atoms with Gasteiger partial charge in [0.25, 0.3) is 0 Å². The van der Waals surface area contributed by atoms with Crippen LogP contribution in [0.1, 0.15) is 0 Å². The van der Waals surface area contributed by atoms with Crippen molar-refractivity contribution in [1.29, 1.82) is 0 Å². The average molecular weight is 536 g/mol. The molecule has 0 fully saturated rings. The van der Waals surface area contributed by atoms with Gasteiger partial charge in [0.1, 0.15) is 0 Å². The highest BCUT2D eigenvalue weighted by atomic mass is 15.0. The Labute approximate surface area is 243 Å². The molecule has 0 amide bonds. The van der Waals surface area contributed by atoms with Gasteiger partial charge >= 0.3 is 0 Å². The van der Waals surface area contributed by atoms with Crippen molar-refractivity contribution >= 4 is 32.3 Å². The van der Waals surface area contributed by atoms with Crippen molar-refractivity contribution in [1.82, 2.24) is 15.0 Å². The molecular formula is C39H25N3. The molecule has 0 N–H and O–H groups in total. The molecule has 0 aliphatic carbocycles. The zero-order chi connectivity index (χ0) is 27.9. The summed E-state index contributed by atoms with van der Waals surface area (Å²) in [6, 6.07) is 52.8. The molecule has 0 atom stereocenters. The van der Waals surface area contributed by atoms with E-state index in [1.165, 1.54) is 27.1 Å². The maximum absolute atomic E-state index is 5.10. The quantitative estimate of drug-likeness (QED) is 0.211. The molecule has 1 heterocycles. The number of nitrogens with zero attached hydrogens (tertiary/aromatic N) is 3. The second-order valence-corrected chi connectivity index (χ2v) is 10.5. The maximum Gasteiger partial charge on any atom is 0.164 e. The highest BCUT2D eigenvalue weighted by Gasteiger charge is 2.16. The van der Waals surface area contributed by atoms with Crippen LogP contribution in [0.4, 0.5) is 0 Å². The first-order valence-electron chi connectivity index (χ1n) is 14.1. The predicted molar refractivity (Wildman–Crippen MR) is 174 cm³/mol. The average Bonchev–Trinajstić information content (AvgIpc) is 3.08. The molecule has 8 aromatic rings. The molecule has 8 rings (SSSR count). The summed E-state index contributed by atoms with van der Waals surface area (Å²) >= 11 is 0. The van der Waals surface area contributed by atoms with Gasteiger partial charge in [-0.05, 0) is 38.1 Å². The smallest absolute Gasteiger partial charge is 0.164 e. The van der Waals surface area contributed by atoms with Gasteiger partial charge in [-0.15, -0.1) is 0 Å². The highest BCUT2D eigenvalue weighted by Crippen LogP contribution is 2.37. The minimum atomic E-state index is 0.654. The van der Waals surface area contributed by atoms with Crippen molar-refractivity contribution in [3.8, 4) is 45.3 Å². The van der Waals surface area contributed by atoms with Gasteiger partial charge in [-0.2, -0.15) is 0 Å². The largest absolute Gasteiger partial charge is 0.208 e. The maximum atomic E-state index is 5.10. The fraction of sp³-hybridized carbons (Fsp3) is 0. The third-order valence-corrected chi connectivity index (χ3v) is 7.92. The zero-order valence-electron chi connectivity index (χ0n) is 22.8. The van der Waals surface area contributed by atoms with E-state index in [2.05, 4.69) is 115 Å². The molecule has 0 unspecified atom stereocenters. The fourth-order valence-corrected chi connectivity index (χ4v) is 5.85. The molecule has 3 heteroatoms. The monoisotopic (exact) mass is 535 g/mol. The first-order chi connectivity index (χ1) is 20.8. The van der Waals surface area contributed by atoms with Crippen LogP contribution in [0.3, 0.4) is 0 Å². The van der Waals surface area contributed by atoms with E-state index in [9.17, 15) is 0 Å². The SMILES string of the molecule is c1ccc(-c2ccc(-c3nc(-c4ccccc4)nc(-c4cccc5ccc6c7ccccc7ccc6c45)n3)cc2)cc1. The van der Waals surface area contributed by atoms with Crippen LogP contribution in [0.5, 0.6) is 0 Å². The van der Waals surface area contributed by atoms with Gasteiger partial charge in [0.2, 0.25) is 0 Å². The summed E-state index contributed by atoms with van der Waals surface area (Å²) in [5, 5.41) is 7.20. The topological polar surface area (TPSA) is 38.7 Å². The van der Waals surface area contributed by atoms with E-state index in [4.69, 9.17) is 15.0 Å². The Kier molecular flexibility index (Phi) is 5.79. The van der Waals surface area contributed by atoms with Crippen LogP contribution in [-0.4, -0.2) is 15.0 Å². The van der Waals surface area contributed by atoms with Crippen molar-refractivity contribution in [2.45, 2.75) is 0 Å². The Morgan fingerprint density at radius 2 is 0.810 bits per heavy atom.